The first-order valence-electron chi connectivity index (χ1n) is 8.57. The van der Waals surface area contributed by atoms with Gasteiger partial charge in [-0.3, -0.25) is 9.59 Å². The van der Waals surface area contributed by atoms with Gasteiger partial charge in [-0.2, -0.15) is 5.10 Å². The number of nitrogens with one attached hydrogen (secondary N) is 2. The number of anilines is 2. The van der Waals surface area contributed by atoms with Crippen molar-refractivity contribution in [2.75, 3.05) is 10.6 Å². The maximum Gasteiger partial charge on any atom is 0.240 e. The van der Waals surface area contributed by atoms with E-state index >= 15 is 0 Å². The van der Waals surface area contributed by atoms with E-state index in [1.54, 1.807) is 16.9 Å². The number of carbonyl (C=O) groups is 2. The molecule has 0 radical (unpaired) electrons. The van der Waals surface area contributed by atoms with Gasteiger partial charge >= 0.3 is 0 Å². The van der Waals surface area contributed by atoms with Crippen molar-refractivity contribution in [3.63, 3.8) is 0 Å². The molecular formula is C20H15ClN4O2. The van der Waals surface area contributed by atoms with Gasteiger partial charge in [0, 0.05) is 17.7 Å². The van der Waals surface area contributed by atoms with Gasteiger partial charge in [-0.25, -0.2) is 4.68 Å². The van der Waals surface area contributed by atoms with Crippen LogP contribution in [0.3, 0.4) is 0 Å². The molecule has 0 fully saturated rings. The molecule has 2 aliphatic heterocycles. The zero-order valence-electron chi connectivity index (χ0n) is 14.4. The average Bonchev–Trinajstić information content (AvgIpc) is 3.17. The van der Waals surface area contributed by atoms with E-state index in [4.69, 9.17) is 11.6 Å². The molecule has 0 bridgehead atoms. The van der Waals surface area contributed by atoms with Crippen LogP contribution in [-0.4, -0.2) is 21.6 Å². The van der Waals surface area contributed by atoms with Gasteiger partial charge in [0.15, 0.2) is 0 Å². The molecule has 1 spiro atoms. The van der Waals surface area contributed by atoms with Crippen molar-refractivity contribution in [1.82, 2.24) is 9.78 Å². The van der Waals surface area contributed by atoms with Crippen LogP contribution in [-0.2, 0) is 15.0 Å². The van der Waals surface area contributed by atoms with Crippen LogP contribution < -0.4 is 10.6 Å². The molecule has 3 aromatic rings. The maximum atomic E-state index is 13.1. The molecule has 1 atom stereocenters. The lowest BCUT2D eigenvalue weighted by Crippen LogP contribution is -2.43. The minimum absolute atomic E-state index is 0.0382. The lowest BCUT2D eigenvalue weighted by atomic mass is 9.71. The fraction of sp³-hybridized carbons (Fsp3) is 0.150. The zero-order chi connectivity index (χ0) is 18.8. The maximum absolute atomic E-state index is 13.1. The lowest BCUT2D eigenvalue weighted by molar-refractivity contribution is -0.125. The summed E-state index contributed by atoms with van der Waals surface area (Å²) in [6.07, 6.45) is 1.69. The molecular weight excluding hydrogens is 364 g/mol. The number of aryl methyl sites for hydroxylation is 1. The average molecular weight is 379 g/mol. The monoisotopic (exact) mass is 378 g/mol. The van der Waals surface area contributed by atoms with Crippen LogP contribution in [0.1, 0.15) is 23.1 Å². The summed E-state index contributed by atoms with van der Waals surface area (Å²) in [4.78, 5) is 25.8. The second-order valence-electron chi connectivity index (χ2n) is 6.85. The summed E-state index contributed by atoms with van der Waals surface area (Å²) in [5.41, 5.74) is 2.77. The Balaban J connectivity index is 1.79. The van der Waals surface area contributed by atoms with Crippen molar-refractivity contribution in [3.8, 4) is 5.69 Å². The Bertz CT molecular complexity index is 1140. The molecule has 0 unspecified atom stereocenters. The standard InChI is InChI=1S/C20H15ClN4O2/c1-11-5-4-6-12-17(11)24-19(27)20(12)9-16(26)23-18-13(20)10-22-25(18)15-8-3-2-7-14(15)21/h2-8,10H,9H2,1H3,(H,23,26)(H,24,27)/t20-/m0/s1. The van der Waals surface area contributed by atoms with Crippen LogP contribution in [0.25, 0.3) is 5.69 Å². The highest BCUT2D eigenvalue weighted by Gasteiger charge is 2.54. The molecule has 0 saturated heterocycles. The summed E-state index contributed by atoms with van der Waals surface area (Å²) in [6.45, 7) is 1.94. The summed E-state index contributed by atoms with van der Waals surface area (Å²) in [7, 11) is 0. The van der Waals surface area contributed by atoms with Crippen LogP contribution >= 0.6 is 11.6 Å². The molecule has 0 saturated carbocycles. The first kappa shape index (κ1) is 16.1. The van der Waals surface area contributed by atoms with E-state index in [9.17, 15) is 9.59 Å². The number of aromatic nitrogens is 2. The Morgan fingerprint density at radius 1 is 1.07 bits per heavy atom. The number of rotatable bonds is 1. The van der Waals surface area contributed by atoms with E-state index in [1.165, 1.54) is 0 Å². The highest BCUT2D eigenvalue weighted by Crippen LogP contribution is 2.51. The molecule has 3 heterocycles. The largest absolute Gasteiger partial charge is 0.324 e. The number of carbonyl (C=O) groups excluding carboxylic acids is 2. The lowest BCUT2D eigenvalue weighted by Gasteiger charge is -2.31. The summed E-state index contributed by atoms with van der Waals surface area (Å²) >= 11 is 6.32. The number of halogens is 1. The number of hydrogen-bond donors (Lipinski definition) is 2. The number of amides is 2. The Kier molecular flexibility index (Phi) is 3.24. The summed E-state index contributed by atoms with van der Waals surface area (Å²) < 4.78 is 1.58. The third kappa shape index (κ3) is 2.04. The first-order valence-corrected chi connectivity index (χ1v) is 8.95. The molecule has 5 rings (SSSR count). The van der Waals surface area contributed by atoms with Gasteiger partial charge in [0.05, 0.1) is 16.9 Å². The second kappa shape index (κ2) is 5.44. The number of hydrogen-bond acceptors (Lipinski definition) is 3. The van der Waals surface area contributed by atoms with Gasteiger partial charge in [0.1, 0.15) is 11.2 Å². The predicted molar refractivity (Wildman–Crippen MR) is 102 cm³/mol. The molecule has 0 aliphatic carbocycles. The SMILES string of the molecule is Cc1cccc2c1NC(=O)[C@@]21CC(=O)Nc2c1cnn2-c1ccccc1Cl. The van der Waals surface area contributed by atoms with Crippen molar-refractivity contribution >= 4 is 34.9 Å². The predicted octanol–water partition coefficient (Wildman–Crippen LogP) is 3.41. The molecule has 6 nitrogen and oxygen atoms in total. The minimum atomic E-state index is -1.08. The Morgan fingerprint density at radius 3 is 2.70 bits per heavy atom. The zero-order valence-corrected chi connectivity index (χ0v) is 15.2. The van der Waals surface area contributed by atoms with Crippen LogP contribution in [0.5, 0.6) is 0 Å². The van der Waals surface area contributed by atoms with E-state index in [2.05, 4.69) is 15.7 Å². The van der Waals surface area contributed by atoms with Crippen LogP contribution in [0.2, 0.25) is 5.02 Å². The Labute approximate surface area is 160 Å². The molecule has 27 heavy (non-hydrogen) atoms. The normalized spacial score (nSPS) is 20.2. The Morgan fingerprint density at radius 2 is 1.89 bits per heavy atom. The van der Waals surface area contributed by atoms with Gasteiger partial charge in [-0.1, -0.05) is 41.9 Å². The summed E-state index contributed by atoms with van der Waals surface area (Å²) in [5.74, 6) is 0.0336. The highest BCUT2D eigenvalue weighted by atomic mass is 35.5. The van der Waals surface area contributed by atoms with Gasteiger partial charge in [-0.05, 0) is 30.2 Å². The molecule has 2 amide bonds. The number of fused-ring (bicyclic) bond motifs is 4. The van der Waals surface area contributed by atoms with Gasteiger partial charge < -0.3 is 10.6 Å². The molecule has 1 aromatic heterocycles. The van der Waals surface area contributed by atoms with Crippen molar-refractivity contribution in [1.29, 1.82) is 0 Å². The van der Waals surface area contributed by atoms with Crippen molar-refractivity contribution in [2.45, 2.75) is 18.8 Å². The molecule has 2 N–H and O–H groups in total. The van der Waals surface area contributed by atoms with Crippen LogP contribution in [0.15, 0.2) is 48.7 Å². The highest BCUT2D eigenvalue weighted by molar-refractivity contribution is 6.32. The smallest absolute Gasteiger partial charge is 0.240 e. The molecule has 2 aromatic carbocycles. The van der Waals surface area contributed by atoms with E-state index in [0.29, 0.717) is 22.1 Å². The third-order valence-corrected chi connectivity index (χ3v) is 5.67. The number of nitrogens with zero attached hydrogens (tertiary/aromatic N) is 2. The van der Waals surface area contributed by atoms with Gasteiger partial charge in [0.25, 0.3) is 0 Å². The van der Waals surface area contributed by atoms with Crippen LogP contribution in [0.4, 0.5) is 11.5 Å². The molecule has 2 aliphatic rings. The first-order chi connectivity index (χ1) is 13.0. The number of para-hydroxylation sites is 2. The van der Waals surface area contributed by atoms with Gasteiger partial charge in [-0.15, -0.1) is 0 Å². The molecule has 134 valence electrons. The molecule has 7 heteroatoms. The van der Waals surface area contributed by atoms with E-state index < -0.39 is 5.41 Å². The van der Waals surface area contributed by atoms with Crippen molar-refractivity contribution < 1.29 is 9.59 Å². The Hall–Kier alpha value is -3.12. The summed E-state index contributed by atoms with van der Waals surface area (Å²) in [6, 6.07) is 13.0. The third-order valence-electron chi connectivity index (χ3n) is 5.35. The fourth-order valence-corrected chi connectivity index (χ4v) is 4.29. The fourth-order valence-electron chi connectivity index (χ4n) is 4.07. The van der Waals surface area contributed by atoms with Gasteiger partial charge in [0.2, 0.25) is 11.8 Å². The van der Waals surface area contributed by atoms with E-state index in [1.807, 2.05) is 43.3 Å². The number of benzene rings is 2. The quantitative estimate of drug-likeness (QED) is 0.681. The topological polar surface area (TPSA) is 76.0 Å². The van der Waals surface area contributed by atoms with Crippen molar-refractivity contribution in [3.05, 3.63) is 70.4 Å². The van der Waals surface area contributed by atoms with Crippen molar-refractivity contribution in [2.24, 2.45) is 0 Å². The second-order valence-corrected chi connectivity index (χ2v) is 7.26. The summed E-state index contributed by atoms with van der Waals surface area (Å²) in [5, 5.41) is 10.8. The van der Waals surface area contributed by atoms with Crippen LogP contribution in [0, 0.1) is 6.92 Å². The van der Waals surface area contributed by atoms with E-state index in [0.717, 1.165) is 16.8 Å². The van der Waals surface area contributed by atoms with E-state index in [-0.39, 0.29) is 18.2 Å². The minimum Gasteiger partial charge on any atom is -0.324 e.